The Morgan fingerprint density at radius 1 is 1.00 bits per heavy atom. The van der Waals surface area contributed by atoms with Crippen molar-refractivity contribution in [2.24, 2.45) is 0 Å². The summed E-state index contributed by atoms with van der Waals surface area (Å²) in [5.41, 5.74) is 7.20. The summed E-state index contributed by atoms with van der Waals surface area (Å²) in [4.78, 5) is 38.8. The van der Waals surface area contributed by atoms with E-state index in [9.17, 15) is 14.4 Å². The number of benzene rings is 1. The van der Waals surface area contributed by atoms with Crippen LogP contribution in [-0.4, -0.2) is 35.8 Å². The standard InChI is InChI=1S/C17H19N5O3/c1-11(23)19-8-9-20-16(24)12-6-7-15(21-10-12)17(25)22-14-5-3-2-4-13(14)18/h2-7,10H,8-9,18H2,1H3,(H,19,23)(H,20,24)(H,22,25). The van der Waals surface area contributed by atoms with Crippen molar-refractivity contribution in [3.63, 3.8) is 0 Å². The minimum atomic E-state index is -0.421. The Hall–Kier alpha value is -3.42. The Bertz CT molecular complexity index is 774. The molecule has 0 saturated heterocycles. The van der Waals surface area contributed by atoms with Crippen LogP contribution >= 0.6 is 0 Å². The third-order valence-corrected chi connectivity index (χ3v) is 3.25. The van der Waals surface area contributed by atoms with Gasteiger partial charge in [0.15, 0.2) is 0 Å². The van der Waals surface area contributed by atoms with E-state index in [0.29, 0.717) is 30.0 Å². The predicted octanol–water partition coefficient (Wildman–Crippen LogP) is 0.782. The van der Waals surface area contributed by atoms with Gasteiger partial charge in [-0.25, -0.2) is 0 Å². The van der Waals surface area contributed by atoms with Crippen LogP contribution < -0.4 is 21.7 Å². The molecule has 1 heterocycles. The lowest BCUT2D eigenvalue weighted by Gasteiger charge is -2.08. The maximum atomic E-state index is 12.2. The molecule has 8 nitrogen and oxygen atoms in total. The van der Waals surface area contributed by atoms with Gasteiger partial charge < -0.3 is 21.7 Å². The van der Waals surface area contributed by atoms with Crippen LogP contribution in [0.4, 0.5) is 11.4 Å². The predicted molar refractivity (Wildman–Crippen MR) is 94.1 cm³/mol. The quantitative estimate of drug-likeness (QED) is 0.456. The SMILES string of the molecule is CC(=O)NCCNC(=O)c1ccc(C(=O)Nc2ccccc2N)nc1. The van der Waals surface area contributed by atoms with E-state index in [2.05, 4.69) is 20.9 Å². The van der Waals surface area contributed by atoms with E-state index in [1.54, 1.807) is 24.3 Å². The molecule has 25 heavy (non-hydrogen) atoms. The molecule has 0 atom stereocenters. The summed E-state index contributed by atoms with van der Waals surface area (Å²) < 4.78 is 0. The topological polar surface area (TPSA) is 126 Å². The average Bonchev–Trinajstić information content (AvgIpc) is 2.60. The van der Waals surface area contributed by atoms with Crippen LogP contribution in [0.2, 0.25) is 0 Å². The molecule has 3 amide bonds. The third-order valence-electron chi connectivity index (χ3n) is 3.25. The van der Waals surface area contributed by atoms with E-state index < -0.39 is 5.91 Å². The molecular formula is C17H19N5O3. The van der Waals surface area contributed by atoms with Crippen LogP contribution in [0.15, 0.2) is 42.6 Å². The fourth-order valence-corrected chi connectivity index (χ4v) is 1.98. The number of hydrogen-bond acceptors (Lipinski definition) is 5. The van der Waals surface area contributed by atoms with Gasteiger partial charge in [-0.05, 0) is 24.3 Å². The van der Waals surface area contributed by atoms with Crippen molar-refractivity contribution in [2.75, 3.05) is 24.1 Å². The molecule has 0 aliphatic rings. The van der Waals surface area contributed by atoms with Gasteiger partial charge in [0.2, 0.25) is 5.91 Å². The highest BCUT2D eigenvalue weighted by molar-refractivity contribution is 6.04. The number of para-hydroxylation sites is 2. The number of rotatable bonds is 6. The number of nitrogen functional groups attached to an aromatic ring is 1. The number of aromatic nitrogens is 1. The van der Waals surface area contributed by atoms with Crippen molar-refractivity contribution in [1.82, 2.24) is 15.6 Å². The number of nitrogens with one attached hydrogen (secondary N) is 3. The van der Waals surface area contributed by atoms with E-state index in [1.165, 1.54) is 25.3 Å². The average molecular weight is 341 g/mol. The zero-order chi connectivity index (χ0) is 18.2. The number of pyridine rings is 1. The Labute approximate surface area is 144 Å². The fraction of sp³-hybridized carbons (Fsp3) is 0.176. The molecule has 2 aromatic rings. The van der Waals surface area contributed by atoms with E-state index in [4.69, 9.17) is 5.73 Å². The first-order chi connectivity index (χ1) is 12.0. The van der Waals surface area contributed by atoms with Gasteiger partial charge in [-0.3, -0.25) is 19.4 Å². The molecule has 2 rings (SSSR count). The van der Waals surface area contributed by atoms with E-state index in [0.717, 1.165) is 0 Å². The van der Waals surface area contributed by atoms with Gasteiger partial charge in [-0.1, -0.05) is 12.1 Å². The summed E-state index contributed by atoms with van der Waals surface area (Å²) in [6, 6.07) is 9.85. The molecule has 0 aliphatic carbocycles. The lowest BCUT2D eigenvalue weighted by molar-refractivity contribution is -0.118. The van der Waals surface area contributed by atoms with Crippen LogP contribution in [0.1, 0.15) is 27.8 Å². The summed E-state index contributed by atoms with van der Waals surface area (Å²) in [6.45, 7) is 2.04. The second kappa shape index (κ2) is 8.44. The third kappa shape index (κ3) is 5.31. The minimum Gasteiger partial charge on any atom is -0.397 e. The Morgan fingerprint density at radius 3 is 2.36 bits per heavy atom. The van der Waals surface area contributed by atoms with Gasteiger partial charge >= 0.3 is 0 Å². The molecule has 0 fully saturated rings. The zero-order valence-corrected chi connectivity index (χ0v) is 13.7. The molecule has 0 radical (unpaired) electrons. The minimum absolute atomic E-state index is 0.162. The van der Waals surface area contributed by atoms with Gasteiger partial charge in [-0.2, -0.15) is 0 Å². The molecule has 0 bridgehead atoms. The summed E-state index contributed by atoms with van der Waals surface area (Å²) in [7, 11) is 0. The highest BCUT2D eigenvalue weighted by Gasteiger charge is 2.11. The van der Waals surface area contributed by atoms with Crippen molar-refractivity contribution in [2.45, 2.75) is 6.92 Å². The summed E-state index contributed by atoms with van der Waals surface area (Å²) in [6.07, 6.45) is 1.32. The van der Waals surface area contributed by atoms with Gasteiger partial charge in [0.1, 0.15) is 5.69 Å². The van der Waals surface area contributed by atoms with Crippen molar-refractivity contribution < 1.29 is 14.4 Å². The summed E-state index contributed by atoms with van der Waals surface area (Å²) in [5, 5.41) is 7.87. The van der Waals surface area contributed by atoms with Crippen LogP contribution in [0.3, 0.4) is 0 Å². The second-order valence-corrected chi connectivity index (χ2v) is 5.21. The molecular weight excluding hydrogens is 322 g/mol. The van der Waals surface area contributed by atoms with Crippen molar-refractivity contribution in [3.8, 4) is 0 Å². The molecule has 1 aromatic heterocycles. The van der Waals surface area contributed by atoms with Crippen molar-refractivity contribution >= 4 is 29.1 Å². The molecule has 130 valence electrons. The van der Waals surface area contributed by atoms with Gasteiger partial charge in [-0.15, -0.1) is 0 Å². The van der Waals surface area contributed by atoms with E-state index in [-0.39, 0.29) is 17.5 Å². The first kappa shape index (κ1) is 17.9. The first-order valence-corrected chi connectivity index (χ1v) is 7.62. The monoisotopic (exact) mass is 341 g/mol. The van der Waals surface area contributed by atoms with Crippen LogP contribution in [0.5, 0.6) is 0 Å². The van der Waals surface area contributed by atoms with Crippen LogP contribution in [-0.2, 0) is 4.79 Å². The maximum Gasteiger partial charge on any atom is 0.274 e. The normalized spacial score (nSPS) is 9.96. The highest BCUT2D eigenvalue weighted by atomic mass is 16.2. The van der Waals surface area contributed by atoms with Gasteiger partial charge in [0.25, 0.3) is 11.8 Å². The fourth-order valence-electron chi connectivity index (χ4n) is 1.98. The molecule has 1 aromatic carbocycles. The largest absolute Gasteiger partial charge is 0.397 e. The lowest BCUT2D eigenvalue weighted by Crippen LogP contribution is -2.33. The number of amides is 3. The van der Waals surface area contributed by atoms with Crippen LogP contribution in [0, 0.1) is 0 Å². The second-order valence-electron chi connectivity index (χ2n) is 5.21. The Balaban J connectivity index is 1.92. The number of carbonyl (C=O) groups excluding carboxylic acids is 3. The van der Waals surface area contributed by atoms with Gasteiger partial charge in [0.05, 0.1) is 16.9 Å². The maximum absolute atomic E-state index is 12.2. The molecule has 8 heteroatoms. The first-order valence-electron chi connectivity index (χ1n) is 7.62. The zero-order valence-electron chi connectivity index (χ0n) is 13.7. The molecule has 5 N–H and O–H groups in total. The van der Waals surface area contributed by atoms with E-state index >= 15 is 0 Å². The Kier molecular flexibility index (Phi) is 6.05. The number of nitrogens with zero attached hydrogens (tertiary/aromatic N) is 1. The lowest BCUT2D eigenvalue weighted by atomic mass is 10.2. The number of nitrogens with two attached hydrogens (primary N) is 1. The van der Waals surface area contributed by atoms with Gasteiger partial charge in [0, 0.05) is 26.2 Å². The van der Waals surface area contributed by atoms with Crippen molar-refractivity contribution in [1.29, 1.82) is 0 Å². The smallest absolute Gasteiger partial charge is 0.274 e. The number of hydrogen-bond donors (Lipinski definition) is 4. The van der Waals surface area contributed by atoms with Crippen LogP contribution in [0.25, 0.3) is 0 Å². The number of anilines is 2. The molecule has 0 aliphatic heterocycles. The highest BCUT2D eigenvalue weighted by Crippen LogP contribution is 2.17. The molecule has 0 spiro atoms. The number of carbonyl (C=O) groups is 3. The van der Waals surface area contributed by atoms with E-state index in [1.807, 2.05) is 0 Å². The molecule has 0 saturated carbocycles. The summed E-state index contributed by atoms with van der Waals surface area (Å²) >= 11 is 0. The molecule has 0 unspecified atom stereocenters. The Morgan fingerprint density at radius 2 is 1.72 bits per heavy atom. The summed E-state index contributed by atoms with van der Waals surface area (Å²) in [5.74, 6) is -0.919. The van der Waals surface area contributed by atoms with Crippen molar-refractivity contribution in [3.05, 3.63) is 53.9 Å².